The quantitative estimate of drug-likeness (QED) is 0.570. The summed E-state index contributed by atoms with van der Waals surface area (Å²) in [5.74, 6) is 0.326. The number of hydrogen-bond donors (Lipinski definition) is 0. The molecule has 0 bridgehead atoms. The van der Waals surface area contributed by atoms with Gasteiger partial charge < -0.3 is 9.45 Å². The second-order valence-electron chi connectivity index (χ2n) is 2.82. The Labute approximate surface area is 77.3 Å². The van der Waals surface area contributed by atoms with Gasteiger partial charge in [-0.15, -0.1) is 0 Å². The molecule has 0 radical (unpaired) electrons. The first-order valence-corrected chi connectivity index (χ1v) is 6.07. The lowest BCUT2D eigenvalue weighted by Crippen LogP contribution is -2.23. The lowest BCUT2D eigenvalue weighted by atomic mass is 10.4. The molecule has 0 aromatic heterocycles. The summed E-state index contributed by atoms with van der Waals surface area (Å²) in [5, 5.41) is 0. The molecule has 1 rings (SSSR count). The van der Waals surface area contributed by atoms with Gasteiger partial charge in [-0.3, -0.25) is 4.79 Å². The molecule has 72 valence electrons. The zero-order valence-electron chi connectivity index (χ0n) is 8.00. The zero-order chi connectivity index (χ0) is 9.56. The van der Waals surface area contributed by atoms with Crippen LogP contribution in [0.25, 0.3) is 0 Å². The molecule has 1 aliphatic heterocycles. The predicted molar refractivity (Wildman–Crippen MR) is 51.5 cm³/mol. The Morgan fingerprint density at radius 2 is 2.08 bits per heavy atom. The van der Waals surface area contributed by atoms with E-state index in [1.54, 1.807) is 12.5 Å². The molecule has 0 N–H and O–H groups in total. The van der Waals surface area contributed by atoms with Gasteiger partial charge in [0.15, 0.2) is 0 Å². The number of hydrogen-bond acceptors (Lipinski definition) is 2. The molecule has 12 heavy (non-hydrogen) atoms. The maximum Gasteiger partial charge on any atom is 0.222 e. The van der Waals surface area contributed by atoms with Gasteiger partial charge in [-0.2, -0.15) is 0 Å². The van der Waals surface area contributed by atoms with Gasteiger partial charge in [0.1, 0.15) is 0 Å². The van der Waals surface area contributed by atoms with E-state index in [9.17, 15) is 9.35 Å². The van der Waals surface area contributed by atoms with Gasteiger partial charge in [-0.25, -0.2) is 0 Å². The third-order valence-corrected chi connectivity index (χ3v) is 1.55. The molecular formula is C8H17NO2S. The summed E-state index contributed by atoms with van der Waals surface area (Å²) in [7, 11) is 0. The maximum atomic E-state index is 10.7. The Kier molecular flexibility index (Phi) is 6.20. The summed E-state index contributed by atoms with van der Waals surface area (Å²) in [4.78, 5) is 12.6. The average molecular weight is 191 g/mol. The standard InChI is InChI=1S/C6H11NO.C2H6OS/c1-2-7-5-3-4-6(7)8;1-4(2)3/h2-5H2,1H3;1-2H3. The molecule has 1 amide bonds. The molecule has 0 atom stereocenters. The molecule has 0 aromatic rings. The first-order chi connectivity index (χ1) is 5.57. The molecule has 0 saturated carbocycles. The molecule has 1 heterocycles. The minimum Gasteiger partial charge on any atom is -0.617 e. The lowest BCUT2D eigenvalue weighted by molar-refractivity contribution is -0.127. The number of nitrogens with zero attached hydrogens (tertiary/aromatic N) is 1. The minimum atomic E-state index is -0.611. The second kappa shape index (κ2) is 6.31. The van der Waals surface area contributed by atoms with Gasteiger partial charge in [-0.1, -0.05) is 11.2 Å². The number of amides is 1. The molecule has 0 spiro atoms. The number of carbonyl (C=O) groups is 1. The summed E-state index contributed by atoms with van der Waals surface area (Å²) in [6.45, 7) is 3.89. The van der Waals surface area contributed by atoms with Gasteiger partial charge >= 0.3 is 0 Å². The molecular weight excluding hydrogens is 174 g/mol. The highest BCUT2D eigenvalue weighted by Crippen LogP contribution is 2.07. The van der Waals surface area contributed by atoms with E-state index < -0.39 is 11.2 Å². The van der Waals surface area contributed by atoms with Crippen molar-refractivity contribution in [3.8, 4) is 0 Å². The average Bonchev–Trinajstić information content (AvgIpc) is 2.33. The maximum absolute atomic E-state index is 10.7. The highest BCUT2D eigenvalue weighted by Gasteiger charge is 2.16. The van der Waals surface area contributed by atoms with Crippen LogP contribution in [0.4, 0.5) is 0 Å². The van der Waals surface area contributed by atoms with E-state index in [0.717, 1.165) is 25.9 Å². The minimum absolute atomic E-state index is 0.326. The highest BCUT2D eigenvalue weighted by atomic mass is 32.2. The van der Waals surface area contributed by atoms with Gasteiger partial charge in [0.05, 0.1) is 12.5 Å². The Hall–Kier alpha value is -0.220. The van der Waals surface area contributed by atoms with E-state index in [4.69, 9.17) is 0 Å². The molecule has 0 unspecified atom stereocenters. The molecule has 0 aliphatic carbocycles. The Bertz CT molecular complexity index is 136. The van der Waals surface area contributed by atoms with Crippen molar-refractivity contribution in [3.05, 3.63) is 0 Å². The first-order valence-electron chi connectivity index (χ1n) is 4.10. The normalized spacial score (nSPS) is 16.4. The van der Waals surface area contributed by atoms with Crippen LogP contribution in [0.1, 0.15) is 19.8 Å². The summed E-state index contributed by atoms with van der Waals surface area (Å²) < 4.78 is 9.56. The molecule has 1 fully saturated rings. The fourth-order valence-electron chi connectivity index (χ4n) is 1.04. The van der Waals surface area contributed by atoms with Crippen LogP contribution < -0.4 is 0 Å². The van der Waals surface area contributed by atoms with Crippen molar-refractivity contribution in [3.63, 3.8) is 0 Å². The molecule has 0 aromatic carbocycles. The van der Waals surface area contributed by atoms with Gasteiger partial charge in [0.25, 0.3) is 0 Å². The van der Waals surface area contributed by atoms with Crippen molar-refractivity contribution < 1.29 is 9.35 Å². The van der Waals surface area contributed by atoms with Gasteiger partial charge in [-0.05, 0) is 13.3 Å². The van der Waals surface area contributed by atoms with Crippen LogP contribution >= 0.6 is 0 Å². The Balaban J connectivity index is 0.000000261. The van der Waals surface area contributed by atoms with Crippen molar-refractivity contribution in [1.29, 1.82) is 0 Å². The number of likely N-dealkylation sites (tertiary alicyclic amines) is 1. The summed E-state index contributed by atoms with van der Waals surface area (Å²) in [6, 6.07) is 0. The van der Waals surface area contributed by atoms with Crippen molar-refractivity contribution >= 4 is 17.1 Å². The van der Waals surface area contributed by atoms with Crippen LogP contribution in [0.15, 0.2) is 0 Å². The van der Waals surface area contributed by atoms with E-state index in [1.165, 1.54) is 0 Å². The van der Waals surface area contributed by atoms with Crippen LogP contribution in [-0.2, 0) is 16.0 Å². The van der Waals surface area contributed by atoms with Crippen LogP contribution in [0.3, 0.4) is 0 Å². The molecule has 4 heteroatoms. The van der Waals surface area contributed by atoms with E-state index in [1.807, 2.05) is 11.8 Å². The summed E-state index contributed by atoms with van der Waals surface area (Å²) >= 11 is -0.611. The van der Waals surface area contributed by atoms with Crippen molar-refractivity contribution in [2.45, 2.75) is 19.8 Å². The van der Waals surface area contributed by atoms with Gasteiger partial charge in [0, 0.05) is 19.5 Å². The number of carbonyl (C=O) groups excluding carboxylic acids is 1. The first kappa shape index (κ1) is 11.8. The smallest absolute Gasteiger partial charge is 0.222 e. The SMILES string of the molecule is CCN1CCCC1=O.C[S+](C)[O-]. The largest absolute Gasteiger partial charge is 0.617 e. The van der Waals surface area contributed by atoms with Crippen LogP contribution in [-0.4, -0.2) is 41.0 Å². The van der Waals surface area contributed by atoms with Crippen molar-refractivity contribution in [1.82, 2.24) is 4.90 Å². The molecule has 1 saturated heterocycles. The van der Waals surface area contributed by atoms with E-state index in [-0.39, 0.29) is 0 Å². The van der Waals surface area contributed by atoms with E-state index in [2.05, 4.69) is 0 Å². The fourth-order valence-corrected chi connectivity index (χ4v) is 1.04. The van der Waals surface area contributed by atoms with E-state index >= 15 is 0 Å². The predicted octanol–water partition coefficient (Wildman–Crippen LogP) is 0.623. The summed E-state index contributed by atoms with van der Waals surface area (Å²) in [6.07, 6.45) is 5.11. The lowest BCUT2D eigenvalue weighted by Gasteiger charge is -2.10. The van der Waals surface area contributed by atoms with Crippen LogP contribution in [0.5, 0.6) is 0 Å². The van der Waals surface area contributed by atoms with Crippen molar-refractivity contribution in [2.75, 3.05) is 25.6 Å². The topological polar surface area (TPSA) is 43.4 Å². The zero-order valence-corrected chi connectivity index (χ0v) is 8.82. The third-order valence-electron chi connectivity index (χ3n) is 1.55. The van der Waals surface area contributed by atoms with Gasteiger partial charge in [0.2, 0.25) is 5.91 Å². The Morgan fingerprint density at radius 1 is 1.58 bits per heavy atom. The van der Waals surface area contributed by atoms with E-state index in [0.29, 0.717) is 5.91 Å². The fraction of sp³-hybridized carbons (Fsp3) is 0.875. The molecule has 3 nitrogen and oxygen atoms in total. The highest BCUT2D eigenvalue weighted by molar-refractivity contribution is 7.89. The van der Waals surface area contributed by atoms with Crippen molar-refractivity contribution in [2.24, 2.45) is 0 Å². The monoisotopic (exact) mass is 191 g/mol. The second-order valence-corrected chi connectivity index (χ2v) is 4.30. The number of rotatable bonds is 1. The molecule has 1 aliphatic rings. The summed E-state index contributed by atoms with van der Waals surface area (Å²) in [5.41, 5.74) is 0. The third kappa shape index (κ3) is 5.43. The van der Waals surface area contributed by atoms with Crippen LogP contribution in [0, 0.1) is 0 Å². The Morgan fingerprint density at radius 3 is 2.25 bits per heavy atom. The van der Waals surface area contributed by atoms with Crippen LogP contribution in [0.2, 0.25) is 0 Å².